The van der Waals surface area contributed by atoms with Crippen LogP contribution in [0.4, 0.5) is 5.69 Å². The van der Waals surface area contributed by atoms with Gasteiger partial charge in [0.15, 0.2) is 0 Å². The number of hydrogen-bond donors (Lipinski definition) is 0. The molecule has 2 saturated heterocycles. The number of rotatable bonds is 3. The number of carbonyl (C=O) groups excluding carboxylic acids is 2. The Balaban J connectivity index is 1.52. The minimum Gasteiger partial charge on any atom is -0.497 e. The maximum absolute atomic E-state index is 12.9. The van der Waals surface area contributed by atoms with Crippen LogP contribution < -0.4 is 9.64 Å². The second-order valence-corrected chi connectivity index (χ2v) is 8.03. The van der Waals surface area contributed by atoms with Gasteiger partial charge in [0.05, 0.1) is 24.9 Å². The van der Waals surface area contributed by atoms with E-state index < -0.39 is 0 Å². The summed E-state index contributed by atoms with van der Waals surface area (Å²) in [6.07, 6.45) is 0.860. The quantitative estimate of drug-likeness (QED) is 0.814. The van der Waals surface area contributed by atoms with Crippen LogP contribution in [-0.4, -0.2) is 67.5 Å². The zero-order chi connectivity index (χ0) is 19.0. The predicted molar refractivity (Wildman–Crippen MR) is 106 cm³/mol. The van der Waals surface area contributed by atoms with Gasteiger partial charge in [0, 0.05) is 30.6 Å². The fourth-order valence-corrected chi connectivity index (χ4v) is 4.63. The topological polar surface area (TPSA) is 53.1 Å². The Morgan fingerprint density at radius 1 is 1.19 bits per heavy atom. The third kappa shape index (κ3) is 3.21. The molecule has 2 fully saturated rings. The lowest BCUT2D eigenvalue weighted by atomic mass is 9.93. The van der Waals surface area contributed by atoms with E-state index in [-0.39, 0.29) is 17.4 Å². The summed E-state index contributed by atoms with van der Waals surface area (Å²) in [7, 11) is 3.60. The molecule has 1 aromatic carbocycles. The number of piperazine rings is 1. The van der Waals surface area contributed by atoms with E-state index in [0.29, 0.717) is 31.7 Å². The Labute approximate surface area is 162 Å². The fraction of sp³-hybridized carbons (Fsp3) is 0.400. The maximum atomic E-state index is 12.9. The second kappa shape index (κ2) is 6.98. The van der Waals surface area contributed by atoms with Crippen LogP contribution in [0.5, 0.6) is 5.75 Å². The molecule has 0 aliphatic carbocycles. The number of carbonyl (C=O) groups is 2. The van der Waals surface area contributed by atoms with Crippen molar-refractivity contribution in [2.45, 2.75) is 12.0 Å². The minimum atomic E-state index is -0.196. The number of benzene rings is 1. The van der Waals surface area contributed by atoms with Gasteiger partial charge in [-0.2, -0.15) is 11.3 Å². The molecule has 0 saturated carbocycles. The molecule has 6 nitrogen and oxygen atoms in total. The summed E-state index contributed by atoms with van der Waals surface area (Å²) in [5.41, 5.74) is 1.42. The number of anilines is 1. The van der Waals surface area contributed by atoms with E-state index in [1.54, 1.807) is 30.6 Å². The van der Waals surface area contributed by atoms with Gasteiger partial charge in [-0.25, -0.2) is 0 Å². The number of methoxy groups -OCH3 is 1. The monoisotopic (exact) mass is 385 g/mol. The molecule has 142 valence electrons. The molecule has 2 aliphatic heterocycles. The number of amides is 2. The van der Waals surface area contributed by atoms with E-state index in [0.717, 1.165) is 17.9 Å². The highest BCUT2D eigenvalue weighted by Gasteiger charge is 2.48. The largest absolute Gasteiger partial charge is 0.497 e. The summed E-state index contributed by atoms with van der Waals surface area (Å²) in [4.78, 5) is 31.4. The molecule has 1 aromatic heterocycles. The summed E-state index contributed by atoms with van der Waals surface area (Å²) in [5, 5.41) is 3.99. The number of likely N-dealkylation sites (tertiary alicyclic amines) is 1. The first-order valence-corrected chi connectivity index (χ1v) is 9.94. The van der Waals surface area contributed by atoms with Crippen LogP contribution in [0.25, 0.3) is 0 Å². The van der Waals surface area contributed by atoms with Crippen LogP contribution in [0.15, 0.2) is 41.1 Å². The van der Waals surface area contributed by atoms with E-state index in [2.05, 4.69) is 4.90 Å². The van der Waals surface area contributed by atoms with Crippen molar-refractivity contribution in [1.82, 2.24) is 9.80 Å². The molecule has 2 aliphatic rings. The maximum Gasteiger partial charge on any atom is 0.253 e. The Morgan fingerprint density at radius 3 is 2.63 bits per heavy atom. The Bertz CT molecular complexity index is 837. The zero-order valence-electron chi connectivity index (χ0n) is 15.6. The van der Waals surface area contributed by atoms with Crippen LogP contribution in [0.3, 0.4) is 0 Å². The molecule has 0 bridgehead atoms. The normalized spacial score (nSPS) is 23.3. The van der Waals surface area contributed by atoms with E-state index in [9.17, 15) is 9.59 Å². The lowest BCUT2D eigenvalue weighted by Crippen LogP contribution is -2.64. The van der Waals surface area contributed by atoms with E-state index in [4.69, 9.17) is 4.74 Å². The molecular weight excluding hydrogens is 362 g/mol. The van der Waals surface area contributed by atoms with Crippen LogP contribution in [0.1, 0.15) is 16.8 Å². The lowest BCUT2D eigenvalue weighted by Gasteiger charge is -2.46. The van der Waals surface area contributed by atoms with E-state index in [1.165, 1.54) is 0 Å². The molecule has 2 aromatic rings. The van der Waals surface area contributed by atoms with Crippen molar-refractivity contribution in [2.75, 3.05) is 45.2 Å². The van der Waals surface area contributed by atoms with Crippen molar-refractivity contribution in [1.29, 1.82) is 0 Å². The summed E-state index contributed by atoms with van der Waals surface area (Å²) in [6, 6.07) is 9.21. The minimum absolute atomic E-state index is 0.0295. The van der Waals surface area contributed by atoms with Gasteiger partial charge in [-0.15, -0.1) is 0 Å². The van der Waals surface area contributed by atoms with E-state index >= 15 is 0 Å². The first-order chi connectivity index (χ1) is 13.0. The van der Waals surface area contributed by atoms with Gasteiger partial charge in [-0.05, 0) is 49.2 Å². The van der Waals surface area contributed by atoms with E-state index in [1.807, 2.05) is 45.8 Å². The average molecular weight is 385 g/mol. The highest BCUT2D eigenvalue weighted by Crippen LogP contribution is 2.34. The molecule has 4 rings (SSSR count). The molecule has 3 heterocycles. The first-order valence-electron chi connectivity index (χ1n) is 8.99. The smallest absolute Gasteiger partial charge is 0.253 e. The molecule has 0 radical (unpaired) electrons. The van der Waals surface area contributed by atoms with Gasteiger partial charge in [-0.1, -0.05) is 0 Å². The molecule has 0 N–H and O–H groups in total. The van der Waals surface area contributed by atoms with Gasteiger partial charge in [0.1, 0.15) is 5.75 Å². The molecule has 27 heavy (non-hydrogen) atoms. The molecule has 1 atom stereocenters. The van der Waals surface area contributed by atoms with Crippen molar-refractivity contribution in [3.63, 3.8) is 0 Å². The Morgan fingerprint density at radius 2 is 1.96 bits per heavy atom. The summed E-state index contributed by atoms with van der Waals surface area (Å²) >= 11 is 1.59. The summed E-state index contributed by atoms with van der Waals surface area (Å²) in [5.74, 6) is 0.879. The van der Waals surface area contributed by atoms with Crippen LogP contribution in [-0.2, 0) is 4.79 Å². The predicted octanol–water partition coefficient (Wildman–Crippen LogP) is 2.32. The zero-order valence-corrected chi connectivity index (χ0v) is 16.4. The van der Waals surface area contributed by atoms with Gasteiger partial charge < -0.3 is 14.5 Å². The van der Waals surface area contributed by atoms with Gasteiger partial charge in [-0.3, -0.25) is 14.5 Å². The number of hydrogen-bond acceptors (Lipinski definition) is 5. The number of nitrogens with zero attached hydrogens (tertiary/aromatic N) is 3. The van der Waals surface area contributed by atoms with Crippen molar-refractivity contribution in [3.8, 4) is 5.75 Å². The molecule has 2 amide bonds. The highest BCUT2D eigenvalue weighted by atomic mass is 32.1. The van der Waals surface area contributed by atoms with Crippen LogP contribution in [0.2, 0.25) is 0 Å². The third-order valence-electron chi connectivity index (χ3n) is 5.71. The standard InChI is InChI=1S/C20H23N3O3S/c1-21-11-18(24)23(16-7-10-27-12-16)14-20(21)8-9-22(13-20)19(25)15-3-5-17(26-2)6-4-15/h3-7,10,12H,8-9,11,13-14H2,1-2H3/t20-/m1/s1. The Kier molecular flexibility index (Phi) is 4.65. The van der Waals surface area contributed by atoms with Crippen LogP contribution >= 0.6 is 11.3 Å². The van der Waals surface area contributed by atoms with Gasteiger partial charge in [0.25, 0.3) is 5.91 Å². The fourth-order valence-electron chi connectivity index (χ4n) is 3.99. The van der Waals surface area contributed by atoms with Crippen molar-refractivity contribution in [2.24, 2.45) is 0 Å². The first kappa shape index (κ1) is 18.0. The molecule has 7 heteroatoms. The number of likely N-dealkylation sites (N-methyl/N-ethyl adjacent to an activating group) is 1. The summed E-state index contributed by atoms with van der Waals surface area (Å²) < 4.78 is 5.17. The highest BCUT2D eigenvalue weighted by molar-refractivity contribution is 7.08. The van der Waals surface area contributed by atoms with Gasteiger partial charge >= 0.3 is 0 Å². The summed E-state index contributed by atoms with van der Waals surface area (Å²) in [6.45, 7) is 2.31. The second-order valence-electron chi connectivity index (χ2n) is 7.25. The molecule has 1 spiro atoms. The molecular formula is C20H23N3O3S. The number of thiophene rings is 1. The van der Waals surface area contributed by atoms with Crippen molar-refractivity contribution in [3.05, 3.63) is 46.7 Å². The SMILES string of the molecule is COc1ccc(C(=O)N2CC[C@@]3(C2)CN(c2ccsc2)C(=O)CN3C)cc1. The molecule has 0 unspecified atom stereocenters. The van der Waals surface area contributed by atoms with Crippen molar-refractivity contribution < 1.29 is 14.3 Å². The lowest BCUT2D eigenvalue weighted by molar-refractivity contribution is -0.123. The van der Waals surface area contributed by atoms with Gasteiger partial charge in [0.2, 0.25) is 5.91 Å². The number of ether oxygens (including phenoxy) is 1. The van der Waals surface area contributed by atoms with Crippen molar-refractivity contribution >= 4 is 28.8 Å². The third-order valence-corrected chi connectivity index (χ3v) is 6.38. The average Bonchev–Trinajstić information content (AvgIpc) is 3.35. The van der Waals surface area contributed by atoms with Crippen LogP contribution in [0, 0.1) is 0 Å². The Hall–Kier alpha value is -2.38.